The molecule has 2 rings (SSSR count). The second kappa shape index (κ2) is 10.9. The molecule has 0 spiro atoms. The SMILES string of the molecule is CN=C(NCc1ccc(OCC(F)(F)F)nc1)NCc1cccc(F)c1.I. The maximum absolute atomic E-state index is 13.1. The number of rotatable bonds is 6. The van der Waals surface area contributed by atoms with Gasteiger partial charge in [0.2, 0.25) is 5.88 Å². The van der Waals surface area contributed by atoms with E-state index in [1.807, 2.05) is 0 Å². The normalized spacial score (nSPS) is 11.5. The summed E-state index contributed by atoms with van der Waals surface area (Å²) in [7, 11) is 1.59. The number of pyridine rings is 1. The topological polar surface area (TPSA) is 58.5 Å². The van der Waals surface area contributed by atoms with Crippen LogP contribution in [0, 0.1) is 5.82 Å². The number of aromatic nitrogens is 1. The Bertz CT molecular complexity index is 738. The van der Waals surface area contributed by atoms with E-state index in [0.717, 1.165) is 11.1 Å². The van der Waals surface area contributed by atoms with Crippen LogP contribution in [0.3, 0.4) is 0 Å². The lowest BCUT2D eigenvalue weighted by atomic mass is 10.2. The van der Waals surface area contributed by atoms with Crippen LogP contribution < -0.4 is 15.4 Å². The van der Waals surface area contributed by atoms with Gasteiger partial charge in [-0.15, -0.1) is 24.0 Å². The quantitative estimate of drug-likeness (QED) is 0.277. The molecular formula is C17H19F4IN4O. The number of benzene rings is 1. The van der Waals surface area contributed by atoms with Gasteiger partial charge in [-0.2, -0.15) is 13.2 Å². The largest absolute Gasteiger partial charge is 0.468 e. The fourth-order valence-electron chi connectivity index (χ4n) is 2.00. The second-order valence-electron chi connectivity index (χ2n) is 5.32. The van der Waals surface area contributed by atoms with E-state index in [1.165, 1.54) is 24.4 Å². The third-order valence-electron chi connectivity index (χ3n) is 3.21. The van der Waals surface area contributed by atoms with Gasteiger partial charge < -0.3 is 15.4 Å². The van der Waals surface area contributed by atoms with Gasteiger partial charge in [0.1, 0.15) is 5.82 Å². The summed E-state index contributed by atoms with van der Waals surface area (Å²) in [5.74, 6) is 0.0810. The minimum atomic E-state index is -4.40. The Labute approximate surface area is 171 Å². The summed E-state index contributed by atoms with van der Waals surface area (Å²) >= 11 is 0. The number of halogens is 5. The number of hydrogen-bond acceptors (Lipinski definition) is 3. The Morgan fingerprint density at radius 3 is 2.37 bits per heavy atom. The van der Waals surface area contributed by atoms with Crippen LogP contribution in [0.2, 0.25) is 0 Å². The van der Waals surface area contributed by atoms with Crippen LogP contribution in [0.5, 0.6) is 5.88 Å². The average Bonchev–Trinajstić information content (AvgIpc) is 2.60. The lowest BCUT2D eigenvalue weighted by Gasteiger charge is -2.12. The molecule has 0 saturated heterocycles. The predicted octanol–water partition coefficient (Wildman–Crippen LogP) is 3.65. The summed E-state index contributed by atoms with van der Waals surface area (Å²) in [6.45, 7) is -0.635. The number of aliphatic imine (C=N–C) groups is 1. The molecule has 0 fully saturated rings. The van der Waals surface area contributed by atoms with Crippen molar-refractivity contribution in [2.45, 2.75) is 19.3 Å². The summed E-state index contributed by atoms with van der Waals surface area (Å²) < 4.78 is 53.9. The van der Waals surface area contributed by atoms with Crippen molar-refractivity contribution in [3.8, 4) is 5.88 Å². The molecule has 2 N–H and O–H groups in total. The first-order valence-electron chi connectivity index (χ1n) is 7.69. The summed E-state index contributed by atoms with van der Waals surface area (Å²) in [5, 5.41) is 6.06. The van der Waals surface area contributed by atoms with Gasteiger partial charge in [-0.3, -0.25) is 4.99 Å². The van der Waals surface area contributed by atoms with Crippen molar-refractivity contribution >= 4 is 29.9 Å². The van der Waals surface area contributed by atoms with Crippen LogP contribution in [0.4, 0.5) is 17.6 Å². The first kappa shape index (κ1) is 22.9. The summed E-state index contributed by atoms with van der Waals surface area (Å²) in [5.41, 5.74) is 1.50. The van der Waals surface area contributed by atoms with Crippen molar-refractivity contribution in [2.75, 3.05) is 13.7 Å². The minimum absolute atomic E-state index is 0. The van der Waals surface area contributed by atoms with E-state index >= 15 is 0 Å². The van der Waals surface area contributed by atoms with E-state index in [4.69, 9.17) is 0 Å². The van der Waals surface area contributed by atoms with Gasteiger partial charge in [0.25, 0.3) is 0 Å². The van der Waals surface area contributed by atoms with Crippen molar-refractivity contribution in [2.24, 2.45) is 4.99 Å². The van der Waals surface area contributed by atoms with Crippen molar-refractivity contribution in [1.82, 2.24) is 15.6 Å². The van der Waals surface area contributed by atoms with Gasteiger partial charge in [-0.05, 0) is 23.3 Å². The zero-order valence-corrected chi connectivity index (χ0v) is 16.7. The van der Waals surface area contributed by atoms with Crippen LogP contribution >= 0.6 is 24.0 Å². The predicted molar refractivity (Wildman–Crippen MR) is 105 cm³/mol. The Kier molecular flexibility index (Phi) is 9.26. The van der Waals surface area contributed by atoms with Gasteiger partial charge in [0, 0.05) is 32.4 Å². The molecule has 10 heteroatoms. The Balaban J connectivity index is 0.00000364. The van der Waals surface area contributed by atoms with Gasteiger partial charge in [-0.25, -0.2) is 9.37 Å². The van der Waals surface area contributed by atoms with Crippen LogP contribution in [-0.2, 0) is 13.1 Å². The van der Waals surface area contributed by atoms with Crippen molar-refractivity contribution in [1.29, 1.82) is 0 Å². The number of nitrogens with zero attached hydrogens (tertiary/aromatic N) is 2. The second-order valence-corrected chi connectivity index (χ2v) is 5.32. The highest BCUT2D eigenvalue weighted by Gasteiger charge is 2.28. The number of alkyl halides is 3. The van der Waals surface area contributed by atoms with E-state index in [2.05, 4.69) is 25.3 Å². The van der Waals surface area contributed by atoms with Crippen LogP contribution in [0.1, 0.15) is 11.1 Å². The number of hydrogen-bond donors (Lipinski definition) is 2. The number of guanidine groups is 1. The molecule has 1 aromatic heterocycles. The van der Waals surface area contributed by atoms with E-state index < -0.39 is 12.8 Å². The molecule has 27 heavy (non-hydrogen) atoms. The van der Waals surface area contributed by atoms with Gasteiger partial charge >= 0.3 is 6.18 Å². The van der Waals surface area contributed by atoms with Crippen LogP contribution in [0.15, 0.2) is 47.6 Å². The van der Waals surface area contributed by atoms with Gasteiger partial charge in [0.15, 0.2) is 12.6 Å². The summed E-state index contributed by atoms with van der Waals surface area (Å²) in [6.07, 6.45) is -2.99. The Morgan fingerprint density at radius 1 is 1.11 bits per heavy atom. The number of nitrogens with one attached hydrogen (secondary N) is 2. The maximum Gasteiger partial charge on any atom is 0.422 e. The first-order valence-corrected chi connectivity index (χ1v) is 7.69. The zero-order chi connectivity index (χ0) is 19.0. The highest BCUT2D eigenvalue weighted by molar-refractivity contribution is 14.0. The fraction of sp³-hybridized carbons (Fsp3) is 0.294. The first-order chi connectivity index (χ1) is 12.4. The summed E-state index contributed by atoms with van der Waals surface area (Å²) in [6, 6.07) is 9.16. The van der Waals surface area contributed by atoms with Crippen molar-refractivity contribution < 1.29 is 22.3 Å². The lowest BCUT2D eigenvalue weighted by molar-refractivity contribution is -0.154. The minimum Gasteiger partial charge on any atom is -0.468 e. The van der Waals surface area contributed by atoms with E-state index in [0.29, 0.717) is 19.0 Å². The van der Waals surface area contributed by atoms with Crippen molar-refractivity contribution in [3.63, 3.8) is 0 Å². The third-order valence-corrected chi connectivity index (χ3v) is 3.21. The molecule has 5 nitrogen and oxygen atoms in total. The van der Waals surface area contributed by atoms with E-state index in [1.54, 1.807) is 25.2 Å². The molecule has 0 aliphatic carbocycles. The van der Waals surface area contributed by atoms with E-state index in [-0.39, 0.29) is 35.7 Å². The van der Waals surface area contributed by atoms with Gasteiger partial charge in [0.05, 0.1) is 0 Å². The fourth-order valence-corrected chi connectivity index (χ4v) is 2.00. The maximum atomic E-state index is 13.1. The molecule has 1 aromatic carbocycles. The average molecular weight is 498 g/mol. The highest BCUT2D eigenvalue weighted by atomic mass is 127. The molecular weight excluding hydrogens is 479 g/mol. The van der Waals surface area contributed by atoms with Crippen molar-refractivity contribution in [3.05, 3.63) is 59.5 Å². The Morgan fingerprint density at radius 2 is 1.81 bits per heavy atom. The van der Waals surface area contributed by atoms with Crippen LogP contribution in [0.25, 0.3) is 0 Å². The zero-order valence-electron chi connectivity index (χ0n) is 14.4. The third kappa shape index (κ3) is 8.89. The molecule has 0 aliphatic heterocycles. The highest BCUT2D eigenvalue weighted by Crippen LogP contribution is 2.17. The summed E-state index contributed by atoms with van der Waals surface area (Å²) in [4.78, 5) is 7.87. The molecule has 0 amide bonds. The monoisotopic (exact) mass is 498 g/mol. The lowest BCUT2D eigenvalue weighted by Crippen LogP contribution is -2.36. The van der Waals surface area contributed by atoms with Crippen LogP contribution in [-0.4, -0.2) is 30.8 Å². The molecule has 0 radical (unpaired) electrons. The molecule has 0 atom stereocenters. The molecule has 0 unspecified atom stereocenters. The Hall–Kier alpha value is -2.11. The van der Waals surface area contributed by atoms with Gasteiger partial charge in [-0.1, -0.05) is 18.2 Å². The molecule has 148 valence electrons. The number of ether oxygens (including phenoxy) is 1. The standard InChI is InChI=1S/C17H18F4N4O.HI/c1-22-16(24-8-12-3-2-4-14(18)7-12)25-10-13-5-6-15(23-9-13)26-11-17(19,20)21;/h2-7,9H,8,10-11H2,1H3,(H2,22,24,25);1H. The smallest absolute Gasteiger partial charge is 0.422 e. The molecule has 2 aromatic rings. The molecule has 0 aliphatic rings. The molecule has 0 bridgehead atoms. The van der Waals surface area contributed by atoms with E-state index in [9.17, 15) is 17.6 Å². The molecule has 1 heterocycles. The molecule has 0 saturated carbocycles.